The van der Waals surface area contributed by atoms with E-state index < -0.39 is 11.9 Å². The van der Waals surface area contributed by atoms with Gasteiger partial charge >= 0.3 is 0 Å². The van der Waals surface area contributed by atoms with E-state index in [2.05, 4.69) is 9.97 Å². The highest BCUT2D eigenvalue weighted by molar-refractivity contribution is 6.31. The number of hydrogen-bond donors (Lipinski definition) is 1. The lowest BCUT2D eigenvalue weighted by atomic mass is 10.0. The largest absolute Gasteiger partial charge is 0.386 e. The van der Waals surface area contributed by atoms with E-state index in [1.807, 2.05) is 0 Å². The second kappa shape index (κ2) is 5.42. The number of nitrogens with zero attached hydrogens (tertiary/aromatic N) is 2. The van der Waals surface area contributed by atoms with Crippen molar-refractivity contribution in [2.24, 2.45) is 0 Å². The van der Waals surface area contributed by atoms with Gasteiger partial charge in [0, 0.05) is 23.2 Å². The van der Waals surface area contributed by atoms with Crippen LogP contribution < -0.4 is 0 Å². The second-order valence-electron chi connectivity index (χ2n) is 3.95. The summed E-state index contributed by atoms with van der Waals surface area (Å²) in [6, 6.07) is 6.05. The molecule has 18 heavy (non-hydrogen) atoms. The van der Waals surface area contributed by atoms with Crippen LogP contribution in [0, 0.1) is 12.7 Å². The smallest absolute Gasteiger partial charge is 0.127 e. The Hall–Kier alpha value is -1.52. The highest BCUT2D eigenvalue weighted by Crippen LogP contribution is 2.24. The van der Waals surface area contributed by atoms with Crippen molar-refractivity contribution in [3.8, 4) is 0 Å². The van der Waals surface area contributed by atoms with Crippen LogP contribution in [-0.4, -0.2) is 15.1 Å². The van der Waals surface area contributed by atoms with Crippen molar-refractivity contribution in [2.45, 2.75) is 19.4 Å². The van der Waals surface area contributed by atoms with E-state index in [9.17, 15) is 9.50 Å². The van der Waals surface area contributed by atoms with Crippen LogP contribution in [0.4, 0.5) is 4.39 Å². The number of aliphatic hydroxyl groups excluding tert-OH is 1. The summed E-state index contributed by atoms with van der Waals surface area (Å²) >= 11 is 5.91. The standard InChI is InChI=1S/C13H12ClFN2O/c1-8-16-6-5-12(17-8)13(18)7-9-10(14)3-2-4-11(9)15/h2-6,13,18H,7H2,1H3. The summed E-state index contributed by atoms with van der Waals surface area (Å²) in [7, 11) is 0. The van der Waals surface area contributed by atoms with Gasteiger partial charge in [-0.3, -0.25) is 0 Å². The molecule has 0 fully saturated rings. The van der Waals surface area contributed by atoms with Crippen LogP contribution >= 0.6 is 11.6 Å². The van der Waals surface area contributed by atoms with Crippen molar-refractivity contribution in [3.63, 3.8) is 0 Å². The van der Waals surface area contributed by atoms with Crippen LogP contribution in [0.2, 0.25) is 5.02 Å². The lowest BCUT2D eigenvalue weighted by Gasteiger charge is -2.12. The molecule has 0 aliphatic carbocycles. The maximum Gasteiger partial charge on any atom is 0.127 e. The number of rotatable bonds is 3. The zero-order valence-corrected chi connectivity index (χ0v) is 10.5. The molecule has 2 rings (SSSR count). The first kappa shape index (κ1) is 12.9. The normalized spacial score (nSPS) is 12.4. The Kier molecular flexibility index (Phi) is 3.89. The Morgan fingerprint density at radius 2 is 2.17 bits per heavy atom. The Labute approximate surface area is 109 Å². The SMILES string of the molecule is Cc1nccc(C(O)Cc2c(F)cccc2Cl)n1. The van der Waals surface area contributed by atoms with Crippen LogP contribution in [-0.2, 0) is 6.42 Å². The molecule has 1 N–H and O–H groups in total. The fourth-order valence-electron chi connectivity index (χ4n) is 1.69. The minimum Gasteiger partial charge on any atom is -0.386 e. The van der Waals surface area contributed by atoms with E-state index in [0.717, 1.165) is 0 Å². The van der Waals surface area contributed by atoms with Gasteiger partial charge in [0.15, 0.2) is 0 Å². The third-order valence-corrected chi connectivity index (χ3v) is 2.95. The quantitative estimate of drug-likeness (QED) is 0.929. The topological polar surface area (TPSA) is 46.0 Å². The van der Waals surface area contributed by atoms with Gasteiger partial charge < -0.3 is 5.11 Å². The van der Waals surface area contributed by atoms with Gasteiger partial charge in [0.05, 0.1) is 5.69 Å². The van der Waals surface area contributed by atoms with Crippen LogP contribution in [0.15, 0.2) is 30.5 Å². The number of halogens is 2. The molecule has 1 atom stereocenters. The number of aromatic nitrogens is 2. The average Bonchev–Trinajstić information content (AvgIpc) is 2.34. The molecule has 1 aromatic carbocycles. The van der Waals surface area contributed by atoms with E-state index in [4.69, 9.17) is 11.6 Å². The predicted octanol–water partition coefficient (Wildman–Crippen LogP) is 2.85. The average molecular weight is 267 g/mol. The first-order chi connectivity index (χ1) is 8.58. The van der Waals surface area contributed by atoms with Crippen LogP contribution in [0.3, 0.4) is 0 Å². The Morgan fingerprint density at radius 3 is 2.83 bits per heavy atom. The monoisotopic (exact) mass is 266 g/mol. The van der Waals surface area contributed by atoms with Gasteiger partial charge in [0.2, 0.25) is 0 Å². The number of aliphatic hydroxyl groups is 1. The molecule has 0 saturated heterocycles. The lowest BCUT2D eigenvalue weighted by molar-refractivity contribution is 0.172. The van der Waals surface area contributed by atoms with Crippen molar-refractivity contribution >= 4 is 11.6 Å². The van der Waals surface area contributed by atoms with Crippen molar-refractivity contribution in [1.29, 1.82) is 0 Å². The summed E-state index contributed by atoms with van der Waals surface area (Å²) in [5.74, 6) is 0.138. The fraction of sp³-hybridized carbons (Fsp3) is 0.231. The molecule has 0 radical (unpaired) electrons. The van der Waals surface area contributed by atoms with E-state index in [-0.39, 0.29) is 6.42 Å². The molecule has 1 aromatic heterocycles. The first-order valence-corrected chi connectivity index (χ1v) is 5.86. The van der Waals surface area contributed by atoms with Crippen LogP contribution in [0.25, 0.3) is 0 Å². The van der Waals surface area contributed by atoms with Crippen molar-refractivity contribution in [3.05, 3.63) is 58.4 Å². The molecule has 0 bridgehead atoms. The number of aryl methyl sites for hydroxylation is 1. The van der Waals surface area contributed by atoms with E-state index in [0.29, 0.717) is 22.1 Å². The summed E-state index contributed by atoms with van der Waals surface area (Å²) in [6.45, 7) is 1.73. The lowest BCUT2D eigenvalue weighted by Crippen LogP contribution is -2.07. The third kappa shape index (κ3) is 2.83. The van der Waals surface area contributed by atoms with Gasteiger partial charge in [-0.2, -0.15) is 0 Å². The third-order valence-electron chi connectivity index (χ3n) is 2.60. The zero-order chi connectivity index (χ0) is 13.1. The van der Waals surface area contributed by atoms with Crippen molar-refractivity contribution in [2.75, 3.05) is 0 Å². The molecule has 3 nitrogen and oxygen atoms in total. The Morgan fingerprint density at radius 1 is 1.39 bits per heavy atom. The summed E-state index contributed by atoms with van der Waals surface area (Å²) in [5, 5.41) is 10.3. The Bertz CT molecular complexity index is 542. The van der Waals surface area contributed by atoms with E-state index in [1.54, 1.807) is 25.3 Å². The molecule has 1 unspecified atom stereocenters. The molecular formula is C13H12ClFN2O. The second-order valence-corrected chi connectivity index (χ2v) is 4.36. The number of hydrogen-bond acceptors (Lipinski definition) is 3. The predicted molar refractivity (Wildman–Crippen MR) is 66.8 cm³/mol. The molecule has 94 valence electrons. The molecule has 0 aliphatic rings. The van der Waals surface area contributed by atoms with Crippen LogP contribution in [0.5, 0.6) is 0 Å². The Balaban J connectivity index is 2.24. The minimum atomic E-state index is -0.902. The molecule has 1 heterocycles. The molecule has 0 aliphatic heterocycles. The maximum atomic E-state index is 13.6. The molecule has 0 spiro atoms. The minimum absolute atomic E-state index is 0.0853. The maximum absolute atomic E-state index is 13.6. The van der Waals surface area contributed by atoms with Gasteiger partial charge in [-0.25, -0.2) is 14.4 Å². The van der Waals surface area contributed by atoms with Gasteiger partial charge in [-0.15, -0.1) is 0 Å². The van der Waals surface area contributed by atoms with E-state index >= 15 is 0 Å². The molecular weight excluding hydrogens is 255 g/mol. The highest BCUT2D eigenvalue weighted by atomic mass is 35.5. The number of benzene rings is 1. The molecule has 5 heteroatoms. The summed E-state index contributed by atoms with van der Waals surface area (Å²) in [5.41, 5.74) is 0.754. The summed E-state index contributed by atoms with van der Waals surface area (Å²) in [4.78, 5) is 8.04. The van der Waals surface area contributed by atoms with Crippen molar-refractivity contribution in [1.82, 2.24) is 9.97 Å². The van der Waals surface area contributed by atoms with Crippen molar-refractivity contribution < 1.29 is 9.50 Å². The molecule has 0 saturated carbocycles. The van der Waals surface area contributed by atoms with Gasteiger partial charge in [0.25, 0.3) is 0 Å². The van der Waals surface area contributed by atoms with Gasteiger partial charge in [-0.1, -0.05) is 17.7 Å². The summed E-state index contributed by atoms with van der Waals surface area (Å²) < 4.78 is 13.6. The van der Waals surface area contributed by atoms with Crippen LogP contribution in [0.1, 0.15) is 23.2 Å². The summed E-state index contributed by atoms with van der Waals surface area (Å²) in [6.07, 6.45) is 0.743. The van der Waals surface area contributed by atoms with E-state index in [1.165, 1.54) is 12.1 Å². The fourth-order valence-corrected chi connectivity index (χ4v) is 1.93. The van der Waals surface area contributed by atoms with Gasteiger partial charge in [-0.05, 0) is 25.1 Å². The molecule has 0 amide bonds. The molecule has 2 aromatic rings. The zero-order valence-electron chi connectivity index (χ0n) is 9.77. The highest BCUT2D eigenvalue weighted by Gasteiger charge is 2.15. The van der Waals surface area contributed by atoms with Gasteiger partial charge in [0.1, 0.15) is 17.7 Å². The first-order valence-electron chi connectivity index (χ1n) is 5.48.